The van der Waals surface area contributed by atoms with Gasteiger partial charge in [0, 0.05) is 11.3 Å². The van der Waals surface area contributed by atoms with Crippen LogP contribution in [0.25, 0.3) is 10.2 Å². The average molecular weight is 349 g/mol. The van der Waals surface area contributed by atoms with Crippen LogP contribution in [0.3, 0.4) is 0 Å². The van der Waals surface area contributed by atoms with Crippen molar-refractivity contribution in [1.82, 2.24) is 9.97 Å². The number of aromatic nitrogens is 2. The number of carboxylic acids is 2. The zero-order chi connectivity index (χ0) is 17.3. The lowest BCUT2D eigenvalue weighted by Gasteiger charge is -2.17. The molecule has 2 heterocycles. The van der Waals surface area contributed by atoms with E-state index in [1.165, 1.54) is 10.4 Å². The van der Waals surface area contributed by atoms with Crippen molar-refractivity contribution in [3.63, 3.8) is 0 Å². The number of nitrogens with one attached hydrogen (secondary N) is 1. The van der Waals surface area contributed by atoms with E-state index in [0.29, 0.717) is 11.6 Å². The van der Waals surface area contributed by atoms with Gasteiger partial charge in [0.15, 0.2) is 0 Å². The summed E-state index contributed by atoms with van der Waals surface area (Å²) in [5.74, 6) is -1.01. The highest BCUT2D eigenvalue weighted by Gasteiger charge is 2.24. The molecule has 0 saturated heterocycles. The smallest absolute Gasteiger partial charge is 0.326 e. The number of carbonyl (C=O) groups is 2. The Bertz CT molecular complexity index is 802. The number of thiophene rings is 1. The van der Waals surface area contributed by atoms with Gasteiger partial charge in [-0.05, 0) is 44.6 Å². The Morgan fingerprint density at radius 2 is 2.00 bits per heavy atom. The van der Waals surface area contributed by atoms with Crippen LogP contribution in [0.5, 0.6) is 0 Å². The third-order valence-electron chi connectivity index (χ3n) is 4.18. The number of rotatable bonds is 6. The van der Waals surface area contributed by atoms with Crippen molar-refractivity contribution >= 4 is 39.3 Å². The Labute approximate surface area is 142 Å². The molecule has 3 N–H and O–H groups in total. The van der Waals surface area contributed by atoms with Crippen molar-refractivity contribution in [3.8, 4) is 0 Å². The average Bonchev–Trinajstić information content (AvgIpc) is 2.88. The normalized spacial score (nSPS) is 15.0. The van der Waals surface area contributed by atoms with E-state index in [0.717, 1.165) is 35.9 Å². The maximum atomic E-state index is 11.5. The number of anilines is 1. The first kappa shape index (κ1) is 16.6. The van der Waals surface area contributed by atoms with Crippen LogP contribution in [-0.2, 0) is 22.4 Å². The predicted molar refractivity (Wildman–Crippen MR) is 90.7 cm³/mol. The molecule has 1 atom stereocenters. The molecule has 3 rings (SSSR count). The molecule has 1 aliphatic rings. The number of hydrogen-bond donors (Lipinski definition) is 3. The van der Waals surface area contributed by atoms with Crippen molar-refractivity contribution < 1.29 is 19.8 Å². The molecule has 128 valence electrons. The molecule has 0 amide bonds. The Morgan fingerprint density at radius 3 is 2.71 bits per heavy atom. The summed E-state index contributed by atoms with van der Waals surface area (Å²) in [6.07, 6.45) is 4.03. The molecule has 0 fully saturated rings. The van der Waals surface area contributed by atoms with Gasteiger partial charge in [-0.2, -0.15) is 0 Å². The molecule has 1 aliphatic carbocycles. The molecule has 2 aromatic heterocycles. The third kappa shape index (κ3) is 3.33. The molecule has 8 heteroatoms. The number of aryl methyl sites for hydroxylation is 3. The van der Waals surface area contributed by atoms with Gasteiger partial charge < -0.3 is 15.5 Å². The highest BCUT2D eigenvalue weighted by molar-refractivity contribution is 7.19. The van der Waals surface area contributed by atoms with Crippen LogP contribution in [0.1, 0.15) is 41.9 Å². The summed E-state index contributed by atoms with van der Waals surface area (Å²) in [5, 5.41) is 22.0. The second kappa shape index (κ2) is 6.72. The molecule has 2 aromatic rings. The van der Waals surface area contributed by atoms with Crippen LogP contribution in [0.4, 0.5) is 5.82 Å². The zero-order valence-corrected chi connectivity index (χ0v) is 14.2. The highest BCUT2D eigenvalue weighted by atomic mass is 32.1. The first-order chi connectivity index (χ1) is 11.5. The molecule has 0 radical (unpaired) electrons. The standard InChI is InChI=1S/C16H19N3O4S/c1-8-17-14(19-10(16(22)23)6-7-12(20)21)13-9-4-2-3-5-11(9)24-15(13)18-8/h10H,2-7H2,1H3,(H,20,21)(H,22,23)(H,17,18,19)/t10-/m0/s1. The van der Waals surface area contributed by atoms with Crippen molar-refractivity contribution in [3.05, 3.63) is 16.3 Å². The Balaban J connectivity index is 1.99. The number of nitrogens with zero attached hydrogens (tertiary/aromatic N) is 2. The molecular weight excluding hydrogens is 330 g/mol. The fourth-order valence-corrected chi connectivity index (χ4v) is 4.37. The molecule has 24 heavy (non-hydrogen) atoms. The SMILES string of the molecule is Cc1nc(N[C@@H](CCC(=O)O)C(=O)O)c2c3c(sc2n1)CCCC3. The number of carboxylic acid groups (broad SMARTS) is 2. The molecule has 7 nitrogen and oxygen atoms in total. The molecule has 0 aliphatic heterocycles. The first-order valence-electron chi connectivity index (χ1n) is 7.95. The minimum absolute atomic E-state index is 0.00153. The lowest BCUT2D eigenvalue weighted by molar-refractivity contribution is -0.139. The van der Waals surface area contributed by atoms with E-state index in [-0.39, 0.29) is 12.8 Å². The number of hydrogen-bond acceptors (Lipinski definition) is 6. The fraction of sp³-hybridized carbons (Fsp3) is 0.500. The van der Waals surface area contributed by atoms with E-state index in [1.54, 1.807) is 18.3 Å². The predicted octanol–water partition coefficient (Wildman–Crippen LogP) is 2.61. The van der Waals surface area contributed by atoms with Crippen molar-refractivity contribution in [1.29, 1.82) is 0 Å². The maximum Gasteiger partial charge on any atom is 0.326 e. The minimum atomic E-state index is -1.08. The van der Waals surface area contributed by atoms with Crippen LogP contribution >= 0.6 is 11.3 Å². The van der Waals surface area contributed by atoms with E-state index < -0.39 is 18.0 Å². The molecule has 0 aromatic carbocycles. The summed E-state index contributed by atoms with van der Waals surface area (Å²) in [7, 11) is 0. The number of aliphatic carboxylic acids is 2. The van der Waals surface area contributed by atoms with Gasteiger partial charge in [0.2, 0.25) is 0 Å². The summed E-state index contributed by atoms with van der Waals surface area (Å²) < 4.78 is 0. The molecule has 0 spiro atoms. The van der Waals surface area contributed by atoms with Gasteiger partial charge in [-0.3, -0.25) is 4.79 Å². The second-order valence-electron chi connectivity index (χ2n) is 5.98. The van der Waals surface area contributed by atoms with E-state index in [4.69, 9.17) is 5.11 Å². The molecule has 0 bridgehead atoms. The topological polar surface area (TPSA) is 112 Å². The third-order valence-corrected chi connectivity index (χ3v) is 5.37. The van der Waals surface area contributed by atoms with Gasteiger partial charge in [-0.1, -0.05) is 0 Å². The second-order valence-corrected chi connectivity index (χ2v) is 7.06. The maximum absolute atomic E-state index is 11.5. The van der Waals surface area contributed by atoms with Crippen molar-refractivity contribution in [2.24, 2.45) is 0 Å². The Morgan fingerprint density at radius 1 is 1.25 bits per heavy atom. The highest BCUT2D eigenvalue weighted by Crippen LogP contribution is 2.38. The summed E-state index contributed by atoms with van der Waals surface area (Å²) >= 11 is 1.65. The zero-order valence-electron chi connectivity index (χ0n) is 13.3. The molecular formula is C16H19N3O4S. The van der Waals surface area contributed by atoms with Crippen LogP contribution in [-0.4, -0.2) is 38.2 Å². The Kier molecular flexibility index (Phi) is 4.66. The van der Waals surface area contributed by atoms with Gasteiger partial charge in [0.25, 0.3) is 0 Å². The van der Waals surface area contributed by atoms with E-state index in [1.807, 2.05) is 0 Å². The van der Waals surface area contributed by atoms with Crippen LogP contribution in [0.2, 0.25) is 0 Å². The fourth-order valence-electron chi connectivity index (χ4n) is 3.06. The minimum Gasteiger partial charge on any atom is -0.481 e. The number of fused-ring (bicyclic) bond motifs is 3. The van der Waals surface area contributed by atoms with Crippen molar-refractivity contribution in [2.45, 2.75) is 51.5 Å². The summed E-state index contributed by atoms with van der Waals surface area (Å²) in [5.41, 5.74) is 1.21. The largest absolute Gasteiger partial charge is 0.481 e. The van der Waals surface area contributed by atoms with Gasteiger partial charge in [0.05, 0.1) is 5.39 Å². The molecule has 0 saturated carbocycles. The van der Waals surface area contributed by atoms with E-state index in [2.05, 4.69) is 15.3 Å². The van der Waals surface area contributed by atoms with Crippen LogP contribution < -0.4 is 5.32 Å². The van der Waals surface area contributed by atoms with Crippen LogP contribution in [0.15, 0.2) is 0 Å². The van der Waals surface area contributed by atoms with Gasteiger partial charge in [0.1, 0.15) is 22.5 Å². The van der Waals surface area contributed by atoms with Gasteiger partial charge >= 0.3 is 11.9 Å². The monoisotopic (exact) mass is 349 g/mol. The Hall–Kier alpha value is -2.22. The lowest BCUT2D eigenvalue weighted by Crippen LogP contribution is -2.30. The van der Waals surface area contributed by atoms with Gasteiger partial charge in [-0.25, -0.2) is 14.8 Å². The van der Waals surface area contributed by atoms with E-state index in [9.17, 15) is 14.7 Å². The first-order valence-corrected chi connectivity index (χ1v) is 8.77. The van der Waals surface area contributed by atoms with E-state index >= 15 is 0 Å². The van der Waals surface area contributed by atoms with Gasteiger partial charge in [-0.15, -0.1) is 11.3 Å². The quantitative estimate of drug-likeness (QED) is 0.734. The summed E-state index contributed by atoms with van der Waals surface area (Å²) in [6.45, 7) is 1.77. The lowest BCUT2D eigenvalue weighted by atomic mass is 9.97. The molecule has 0 unspecified atom stereocenters. The van der Waals surface area contributed by atoms with Crippen LogP contribution in [0, 0.1) is 6.92 Å². The summed E-state index contributed by atoms with van der Waals surface area (Å²) in [4.78, 5) is 33.3. The van der Waals surface area contributed by atoms with Crippen molar-refractivity contribution in [2.75, 3.05) is 5.32 Å². The summed E-state index contributed by atoms with van der Waals surface area (Å²) in [6, 6.07) is -0.988.